The van der Waals surface area contributed by atoms with Crippen molar-refractivity contribution in [3.63, 3.8) is 0 Å². The second-order valence-corrected chi connectivity index (χ2v) is 5.02. The molecule has 0 spiro atoms. The molecule has 1 aliphatic rings. The van der Waals surface area contributed by atoms with Crippen LogP contribution in [0.25, 0.3) is 0 Å². The molecular formula is C12H21N3. The van der Waals surface area contributed by atoms with E-state index >= 15 is 0 Å². The van der Waals surface area contributed by atoms with E-state index < -0.39 is 0 Å². The summed E-state index contributed by atoms with van der Waals surface area (Å²) in [5.74, 6) is 0.909. The van der Waals surface area contributed by atoms with E-state index in [1.54, 1.807) is 0 Å². The van der Waals surface area contributed by atoms with Gasteiger partial charge in [-0.2, -0.15) is 5.10 Å². The lowest BCUT2D eigenvalue weighted by Crippen LogP contribution is -2.23. The monoisotopic (exact) mass is 207 g/mol. The van der Waals surface area contributed by atoms with E-state index in [-0.39, 0.29) is 0 Å². The molecular weight excluding hydrogens is 186 g/mol. The van der Waals surface area contributed by atoms with Gasteiger partial charge >= 0.3 is 0 Å². The van der Waals surface area contributed by atoms with E-state index in [9.17, 15) is 0 Å². The predicted octanol–water partition coefficient (Wildman–Crippen LogP) is 2.13. The molecule has 0 bridgehead atoms. The van der Waals surface area contributed by atoms with Crippen molar-refractivity contribution in [2.75, 3.05) is 0 Å². The highest BCUT2D eigenvalue weighted by atomic mass is 15.3. The molecule has 1 unspecified atom stereocenters. The lowest BCUT2D eigenvalue weighted by molar-refractivity contribution is 0.512. The normalized spacial score (nSPS) is 18.4. The lowest BCUT2D eigenvalue weighted by Gasteiger charge is -2.09. The van der Waals surface area contributed by atoms with Gasteiger partial charge in [-0.25, -0.2) is 0 Å². The van der Waals surface area contributed by atoms with Crippen LogP contribution in [0.15, 0.2) is 12.3 Å². The molecule has 0 aromatic carbocycles. The van der Waals surface area contributed by atoms with Gasteiger partial charge < -0.3 is 5.73 Å². The number of aromatic nitrogens is 2. The zero-order chi connectivity index (χ0) is 10.8. The molecule has 0 aliphatic heterocycles. The number of nitrogens with zero attached hydrogens (tertiary/aromatic N) is 2. The highest BCUT2D eigenvalue weighted by Crippen LogP contribution is 2.33. The van der Waals surface area contributed by atoms with Crippen LogP contribution in [0.1, 0.15) is 44.8 Å². The minimum Gasteiger partial charge on any atom is -0.327 e. The topological polar surface area (TPSA) is 43.8 Å². The minimum atomic E-state index is 0.299. The quantitative estimate of drug-likeness (QED) is 0.804. The molecule has 2 N–H and O–H groups in total. The Kier molecular flexibility index (Phi) is 3.10. The minimum absolute atomic E-state index is 0.299. The van der Waals surface area contributed by atoms with Crippen LogP contribution in [0.3, 0.4) is 0 Å². The van der Waals surface area contributed by atoms with Crippen molar-refractivity contribution in [2.45, 2.75) is 51.6 Å². The Morgan fingerprint density at radius 3 is 2.80 bits per heavy atom. The van der Waals surface area contributed by atoms with Gasteiger partial charge in [-0.3, -0.25) is 4.68 Å². The Morgan fingerprint density at radius 1 is 1.53 bits per heavy atom. The van der Waals surface area contributed by atoms with Gasteiger partial charge in [-0.05, 0) is 32.3 Å². The zero-order valence-corrected chi connectivity index (χ0v) is 9.69. The molecule has 15 heavy (non-hydrogen) atoms. The Hall–Kier alpha value is -0.830. The Bertz CT molecular complexity index is 312. The molecule has 1 atom stereocenters. The van der Waals surface area contributed by atoms with Crippen LogP contribution in [0.4, 0.5) is 0 Å². The standard InChI is InChI=1S/C12H21N3/c1-9(2)15-6-5-12(14-15)8-11(13)7-10-3-4-10/h5-6,9-11H,3-4,7-8,13H2,1-2H3. The van der Waals surface area contributed by atoms with Gasteiger partial charge in [-0.1, -0.05) is 12.8 Å². The molecule has 1 aliphatic carbocycles. The fraction of sp³-hybridized carbons (Fsp3) is 0.750. The van der Waals surface area contributed by atoms with Gasteiger partial charge in [0.05, 0.1) is 5.69 Å². The van der Waals surface area contributed by atoms with Gasteiger partial charge in [0.25, 0.3) is 0 Å². The zero-order valence-electron chi connectivity index (χ0n) is 9.69. The van der Waals surface area contributed by atoms with Crippen molar-refractivity contribution in [2.24, 2.45) is 11.7 Å². The van der Waals surface area contributed by atoms with Crippen molar-refractivity contribution in [3.8, 4) is 0 Å². The summed E-state index contributed by atoms with van der Waals surface area (Å²) in [6, 6.07) is 2.83. The lowest BCUT2D eigenvalue weighted by atomic mass is 10.1. The third-order valence-electron chi connectivity index (χ3n) is 3.00. The Labute approximate surface area is 91.7 Å². The van der Waals surface area contributed by atoms with Gasteiger partial charge in [0, 0.05) is 24.7 Å². The first-order valence-electron chi connectivity index (χ1n) is 5.94. The fourth-order valence-electron chi connectivity index (χ4n) is 1.91. The van der Waals surface area contributed by atoms with Gasteiger partial charge in [0.1, 0.15) is 0 Å². The molecule has 0 saturated heterocycles. The van der Waals surface area contributed by atoms with Crippen molar-refractivity contribution in [1.82, 2.24) is 9.78 Å². The van der Waals surface area contributed by atoms with Crippen LogP contribution in [0.5, 0.6) is 0 Å². The molecule has 1 aromatic heterocycles. The third kappa shape index (κ3) is 3.06. The summed E-state index contributed by atoms with van der Waals surface area (Å²) < 4.78 is 2.00. The second-order valence-electron chi connectivity index (χ2n) is 5.02. The molecule has 84 valence electrons. The molecule has 3 nitrogen and oxygen atoms in total. The third-order valence-corrected chi connectivity index (χ3v) is 3.00. The molecule has 1 heterocycles. The van der Waals surface area contributed by atoms with E-state index in [4.69, 9.17) is 5.73 Å². The van der Waals surface area contributed by atoms with E-state index in [0.717, 1.165) is 18.0 Å². The number of hydrogen-bond acceptors (Lipinski definition) is 2. The van der Waals surface area contributed by atoms with Crippen LogP contribution in [0.2, 0.25) is 0 Å². The first-order valence-corrected chi connectivity index (χ1v) is 5.94. The maximum atomic E-state index is 6.08. The highest BCUT2D eigenvalue weighted by molar-refractivity contribution is 5.02. The molecule has 2 rings (SSSR count). The van der Waals surface area contributed by atoms with Crippen LogP contribution in [-0.2, 0) is 6.42 Å². The first-order chi connectivity index (χ1) is 7.15. The average molecular weight is 207 g/mol. The maximum absolute atomic E-state index is 6.08. The van der Waals surface area contributed by atoms with Crippen molar-refractivity contribution in [1.29, 1.82) is 0 Å². The highest BCUT2D eigenvalue weighted by Gasteiger charge is 2.24. The summed E-state index contributed by atoms with van der Waals surface area (Å²) in [4.78, 5) is 0. The smallest absolute Gasteiger partial charge is 0.0640 e. The van der Waals surface area contributed by atoms with Crippen molar-refractivity contribution in [3.05, 3.63) is 18.0 Å². The SMILES string of the molecule is CC(C)n1ccc(CC(N)CC2CC2)n1. The van der Waals surface area contributed by atoms with E-state index in [1.165, 1.54) is 19.3 Å². The first kappa shape index (κ1) is 10.7. The van der Waals surface area contributed by atoms with Crippen molar-refractivity contribution < 1.29 is 0 Å². The number of rotatable bonds is 5. The summed E-state index contributed by atoms with van der Waals surface area (Å²) in [7, 11) is 0. The summed E-state index contributed by atoms with van der Waals surface area (Å²) in [6.07, 6.45) is 6.91. The molecule has 0 radical (unpaired) electrons. The molecule has 3 heteroatoms. The predicted molar refractivity (Wildman–Crippen MR) is 61.6 cm³/mol. The Morgan fingerprint density at radius 2 is 2.27 bits per heavy atom. The van der Waals surface area contributed by atoms with Gasteiger partial charge in [0.2, 0.25) is 0 Å². The van der Waals surface area contributed by atoms with E-state index in [2.05, 4.69) is 25.0 Å². The number of nitrogens with two attached hydrogens (primary N) is 1. The molecule has 1 fully saturated rings. The van der Waals surface area contributed by atoms with Gasteiger partial charge in [0.15, 0.2) is 0 Å². The molecule has 1 saturated carbocycles. The Balaban J connectivity index is 1.85. The van der Waals surface area contributed by atoms with Crippen LogP contribution in [-0.4, -0.2) is 15.8 Å². The van der Waals surface area contributed by atoms with Crippen LogP contribution >= 0.6 is 0 Å². The van der Waals surface area contributed by atoms with Crippen LogP contribution < -0.4 is 5.73 Å². The fourth-order valence-corrected chi connectivity index (χ4v) is 1.91. The summed E-state index contributed by atoms with van der Waals surface area (Å²) in [5.41, 5.74) is 7.22. The summed E-state index contributed by atoms with van der Waals surface area (Å²) in [5, 5.41) is 4.51. The summed E-state index contributed by atoms with van der Waals surface area (Å²) >= 11 is 0. The van der Waals surface area contributed by atoms with E-state index in [1.807, 2.05) is 10.9 Å². The van der Waals surface area contributed by atoms with Crippen LogP contribution in [0, 0.1) is 5.92 Å². The van der Waals surface area contributed by atoms with Gasteiger partial charge in [-0.15, -0.1) is 0 Å². The van der Waals surface area contributed by atoms with E-state index in [0.29, 0.717) is 12.1 Å². The maximum Gasteiger partial charge on any atom is 0.0640 e. The average Bonchev–Trinajstić information content (AvgIpc) is 2.82. The molecule has 0 amide bonds. The number of hydrogen-bond donors (Lipinski definition) is 1. The second kappa shape index (κ2) is 4.35. The summed E-state index contributed by atoms with van der Waals surface area (Å²) in [6.45, 7) is 4.28. The largest absolute Gasteiger partial charge is 0.327 e. The van der Waals surface area contributed by atoms with Crippen molar-refractivity contribution >= 4 is 0 Å². The molecule has 1 aromatic rings.